The number of amides is 1. The van der Waals surface area contributed by atoms with E-state index in [1.54, 1.807) is 17.0 Å². The lowest BCUT2D eigenvalue weighted by Gasteiger charge is -2.31. The lowest BCUT2D eigenvalue weighted by Crippen LogP contribution is -2.48. The average molecular weight is 442 g/mol. The third kappa shape index (κ3) is 5.51. The highest BCUT2D eigenvalue weighted by Crippen LogP contribution is 2.32. The molecule has 162 valence electrons. The van der Waals surface area contributed by atoms with Gasteiger partial charge in [-0.15, -0.1) is 0 Å². The van der Waals surface area contributed by atoms with Gasteiger partial charge >= 0.3 is 6.18 Å². The summed E-state index contributed by atoms with van der Waals surface area (Å²) in [5.74, 6) is 0.364. The molecule has 6 nitrogen and oxygen atoms in total. The topological polar surface area (TPSA) is 75.7 Å². The molecule has 0 fully saturated rings. The Labute approximate surface area is 172 Å². The molecular formula is C20H21F3N2O4S. The van der Waals surface area contributed by atoms with E-state index in [0.29, 0.717) is 18.7 Å². The molecule has 1 aliphatic rings. The molecule has 1 atom stereocenters. The maximum atomic E-state index is 12.7. The fourth-order valence-electron chi connectivity index (χ4n) is 3.28. The zero-order valence-electron chi connectivity index (χ0n) is 16.4. The molecule has 0 aromatic heterocycles. The van der Waals surface area contributed by atoms with Crippen molar-refractivity contribution < 1.29 is 31.1 Å². The molecule has 10 heteroatoms. The Morgan fingerprint density at radius 1 is 1.10 bits per heavy atom. The fraction of sp³-hybridized carbons (Fsp3) is 0.350. The second-order valence-electron chi connectivity index (χ2n) is 7.18. The van der Waals surface area contributed by atoms with Crippen molar-refractivity contribution in [2.45, 2.75) is 32.1 Å². The summed E-state index contributed by atoms with van der Waals surface area (Å²) in [6.45, 7) is 2.23. The summed E-state index contributed by atoms with van der Waals surface area (Å²) in [4.78, 5) is 14.1. The molecule has 0 saturated heterocycles. The van der Waals surface area contributed by atoms with E-state index >= 15 is 0 Å². The summed E-state index contributed by atoms with van der Waals surface area (Å²) in [5.41, 5.74) is 1.11. The highest BCUT2D eigenvalue weighted by atomic mass is 32.2. The van der Waals surface area contributed by atoms with Gasteiger partial charge in [0.15, 0.2) is 0 Å². The smallest absolute Gasteiger partial charge is 0.416 e. The number of rotatable bonds is 5. The predicted octanol–water partition coefficient (Wildman–Crippen LogP) is 3.32. The molecule has 30 heavy (non-hydrogen) atoms. The summed E-state index contributed by atoms with van der Waals surface area (Å²) in [5, 5.41) is 0. The molecule has 2 aromatic rings. The molecule has 0 spiro atoms. The van der Waals surface area contributed by atoms with Gasteiger partial charge in [-0.1, -0.05) is 6.07 Å². The van der Waals surface area contributed by atoms with E-state index in [2.05, 4.69) is 4.72 Å². The maximum absolute atomic E-state index is 12.7. The minimum atomic E-state index is -4.41. The first kappa shape index (κ1) is 22.1. The maximum Gasteiger partial charge on any atom is 0.416 e. The number of nitrogens with one attached hydrogen (secondary N) is 1. The number of carbonyl (C=O) groups excluding carboxylic acids is 1. The van der Waals surface area contributed by atoms with Crippen molar-refractivity contribution in [3.8, 4) is 11.5 Å². The van der Waals surface area contributed by atoms with Crippen molar-refractivity contribution in [1.82, 2.24) is 9.62 Å². The molecule has 1 aliphatic heterocycles. The molecule has 2 aromatic carbocycles. The molecule has 3 rings (SSSR count). The van der Waals surface area contributed by atoms with E-state index < -0.39 is 27.8 Å². The number of hydrogen-bond acceptors (Lipinski definition) is 4. The van der Waals surface area contributed by atoms with Crippen molar-refractivity contribution >= 4 is 15.9 Å². The second-order valence-corrected chi connectivity index (χ2v) is 8.96. The summed E-state index contributed by atoms with van der Waals surface area (Å²) in [6.07, 6.45) is -2.82. The zero-order valence-corrected chi connectivity index (χ0v) is 17.2. The molecule has 1 N–H and O–H groups in total. The number of ether oxygens (including phenoxy) is 1. The molecule has 1 amide bonds. The van der Waals surface area contributed by atoms with Gasteiger partial charge in [-0.3, -0.25) is 4.79 Å². The van der Waals surface area contributed by atoms with Crippen molar-refractivity contribution in [2.75, 3.05) is 12.8 Å². The largest absolute Gasteiger partial charge is 0.457 e. The number of fused-ring (bicyclic) bond motifs is 1. The normalized spacial score (nSPS) is 15.4. The van der Waals surface area contributed by atoms with Gasteiger partial charge in [-0.2, -0.15) is 13.2 Å². The summed E-state index contributed by atoms with van der Waals surface area (Å²) < 4.78 is 68.7. The van der Waals surface area contributed by atoms with Crippen molar-refractivity contribution in [1.29, 1.82) is 0 Å². The van der Waals surface area contributed by atoms with Gasteiger partial charge in [0.05, 0.1) is 17.9 Å². The van der Waals surface area contributed by atoms with E-state index in [4.69, 9.17) is 4.74 Å². The Bertz CT molecular complexity index is 1040. The van der Waals surface area contributed by atoms with E-state index in [-0.39, 0.29) is 18.2 Å². The number of hydrogen-bond donors (Lipinski definition) is 1. The van der Waals surface area contributed by atoms with Crippen LogP contribution in [0.15, 0.2) is 42.5 Å². The van der Waals surface area contributed by atoms with Crippen LogP contribution in [-0.4, -0.2) is 38.1 Å². The Balaban J connectivity index is 1.71. The zero-order chi connectivity index (χ0) is 22.1. The summed E-state index contributed by atoms with van der Waals surface area (Å²) >= 11 is 0. The van der Waals surface area contributed by atoms with Crippen LogP contribution in [0.1, 0.15) is 23.6 Å². The number of alkyl halides is 3. The van der Waals surface area contributed by atoms with E-state index in [0.717, 1.165) is 29.5 Å². The van der Waals surface area contributed by atoms with Crippen molar-refractivity contribution in [3.63, 3.8) is 0 Å². The number of benzene rings is 2. The second kappa shape index (κ2) is 8.27. The molecule has 0 aliphatic carbocycles. The SMILES string of the molecule is CC(NS(C)(=O)=O)C(=O)N1CCc2ccc(Oc3ccc(C(F)(F)F)cc3)cc2C1. The highest BCUT2D eigenvalue weighted by Gasteiger charge is 2.30. The van der Waals surface area contributed by atoms with Gasteiger partial charge in [-0.05, 0) is 60.9 Å². The highest BCUT2D eigenvalue weighted by molar-refractivity contribution is 7.88. The average Bonchev–Trinajstić information content (AvgIpc) is 2.65. The van der Waals surface area contributed by atoms with Gasteiger partial charge in [0.1, 0.15) is 11.5 Å². The van der Waals surface area contributed by atoms with Gasteiger partial charge in [-0.25, -0.2) is 13.1 Å². The van der Waals surface area contributed by atoms with Crippen LogP contribution in [0.3, 0.4) is 0 Å². The first-order valence-corrected chi connectivity index (χ1v) is 11.0. The first-order valence-electron chi connectivity index (χ1n) is 9.15. The Kier molecular flexibility index (Phi) is 6.09. The van der Waals surface area contributed by atoms with Crippen LogP contribution in [0, 0.1) is 0 Å². The summed E-state index contributed by atoms with van der Waals surface area (Å²) in [6, 6.07) is 8.83. The fourth-order valence-corrected chi connectivity index (χ4v) is 4.02. The molecule has 0 radical (unpaired) electrons. The van der Waals surface area contributed by atoms with Crippen LogP contribution in [0.25, 0.3) is 0 Å². The third-order valence-corrected chi connectivity index (χ3v) is 5.46. The monoisotopic (exact) mass is 442 g/mol. The van der Waals surface area contributed by atoms with E-state index in [1.807, 2.05) is 6.07 Å². The Morgan fingerprint density at radius 3 is 2.33 bits per heavy atom. The predicted molar refractivity (Wildman–Crippen MR) is 105 cm³/mol. The minimum Gasteiger partial charge on any atom is -0.457 e. The number of nitrogens with zero attached hydrogens (tertiary/aromatic N) is 1. The van der Waals surface area contributed by atoms with E-state index in [9.17, 15) is 26.4 Å². The lowest BCUT2D eigenvalue weighted by atomic mass is 9.99. The van der Waals surface area contributed by atoms with Crippen LogP contribution in [-0.2, 0) is 34.0 Å². The van der Waals surface area contributed by atoms with Crippen LogP contribution in [0.5, 0.6) is 11.5 Å². The summed E-state index contributed by atoms with van der Waals surface area (Å²) in [7, 11) is -3.51. The van der Waals surface area contributed by atoms with Crippen molar-refractivity contribution in [3.05, 3.63) is 59.2 Å². The molecule has 1 unspecified atom stereocenters. The van der Waals surface area contributed by atoms with Gasteiger partial charge < -0.3 is 9.64 Å². The third-order valence-electron chi connectivity index (χ3n) is 4.68. The molecule has 0 bridgehead atoms. The lowest BCUT2D eigenvalue weighted by molar-refractivity contribution is -0.137. The van der Waals surface area contributed by atoms with Crippen LogP contribution < -0.4 is 9.46 Å². The molecular weight excluding hydrogens is 421 g/mol. The van der Waals surface area contributed by atoms with Crippen LogP contribution in [0.2, 0.25) is 0 Å². The van der Waals surface area contributed by atoms with Gasteiger partial charge in [0.2, 0.25) is 15.9 Å². The number of halogens is 3. The number of carbonyl (C=O) groups is 1. The Morgan fingerprint density at radius 2 is 1.73 bits per heavy atom. The quantitative estimate of drug-likeness (QED) is 0.771. The standard InChI is InChI=1S/C20H21F3N2O4S/c1-13(24-30(2,27)28)19(26)25-10-9-14-3-6-18(11-15(14)12-25)29-17-7-4-16(5-8-17)20(21,22)23/h3-8,11,13,24H,9-10,12H2,1-2H3. The molecule has 1 heterocycles. The minimum absolute atomic E-state index is 0.262. The number of sulfonamides is 1. The molecule has 0 saturated carbocycles. The Hall–Kier alpha value is -2.59. The van der Waals surface area contributed by atoms with E-state index in [1.165, 1.54) is 19.1 Å². The van der Waals surface area contributed by atoms with Crippen molar-refractivity contribution in [2.24, 2.45) is 0 Å². The van der Waals surface area contributed by atoms with Crippen LogP contribution >= 0.6 is 0 Å². The van der Waals surface area contributed by atoms with Crippen LogP contribution in [0.4, 0.5) is 13.2 Å². The van der Waals surface area contributed by atoms with Gasteiger partial charge in [0.25, 0.3) is 0 Å². The van der Waals surface area contributed by atoms with Gasteiger partial charge in [0, 0.05) is 13.1 Å². The first-order chi connectivity index (χ1) is 13.9.